The van der Waals surface area contributed by atoms with Crippen LogP contribution in [0.3, 0.4) is 0 Å². The zero-order chi connectivity index (χ0) is 33.8. The Kier molecular flexibility index (Phi) is 6.56. The van der Waals surface area contributed by atoms with Crippen LogP contribution in [0.2, 0.25) is 0 Å². The summed E-state index contributed by atoms with van der Waals surface area (Å²) in [7, 11) is 0. The molecule has 0 fully saturated rings. The van der Waals surface area contributed by atoms with Crippen molar-refractivity contribution in [3.63, 3.8) is 0 Å². The van der Waals surface area contributed by atoms with Crippen molar-refractivity contribution in [2.45, 2.75) is 0 Å². The summed E-state index contributed by atoms with van der Waals surface area (Å²) in [6.45, 7) is 0. The monoisotopic (exact) mass is 635 g/mol. The van der Waals surface area contributed by atoms with Gasteiger partial charge in [-0.2, -0.15) is 15.8 Å². The minimum Gasteiger partial charge on any atom is -0.309 e. The second-order valence-corrected chi connectivity index (χ2v) is 12.3. The van der Waals surface area contributed by atoms with Gasteiger partial charge in [0.2, 0.25) is 0 Å². The van der Waals surface area contributed by atoms with E-state index in [4.69, 9.17) is 0 Å². The number of nitriles is 3. The zero-order valence-corrected chi connectivity index (χ0v) is 26.7. The lowest BCUT2D eigenvalue weighted by molar-refractivity contribution is 1.18. The Morgan fingerprint density at radius 3 is 1.82 bits per heavy atom. The number of rotatable bonds is 4. The van der Waals surface area contributed by atoms with Crippen LogP contribution >= 0.6 is 0 Å². The number of para-hydroxylation sites is 3. The topological polar surface area (TPSA) is 81.2 Å². The van der Waals surface area contributed by atoms with Gasteiger partial charge in [0.25, 0.3) is 0 Å². The first kappa shape index (κ1) is 28.8. The minimum atomic E-state index is 0.536. The van der Waals surface area contributed by atoms with Gasteiger partial charge in [-0.15, -0.1) is 0 Å². The molecule has 0 aliphatic carbocycles. The highest BCUT2D eigenvalue weighted by Crippen LogP contribution is 2.39. The van der Waals surface area contributed by atoms with Crippen molar-refractivity contribution in [1.29, 1.82) is 15.8 Å². The molecule has 0 N–H and O–H groups in total. The minimum absolute atomic E-state index is 0.536. The largest absolute Gasteiger partial charge is 0.309 e. The number of nitrogens with zero attached hydrogens (tertiary/aromatic N) is 5. The molecule has 0 aliphatic rings. The van der Waals surface area contributed by atoms with Crippen LogP contribution in [-0.2, 0) is 0 Å². The molecule has 0 spiro atoms. The van der Waals surface area contributed by atoms with E-state index in [-0.39, 0.29) is 0 Å². The van der Waals surface area contributed by atoms with Crippen LogP contribution in [0.15, 0.2) is 152 Å². The average Bonchev–Trinajstić information content (AvgIpc) is 3.70. The first-order chi connectivity index (χ1) is 24.7. The van der Waals surface area contributed by atoms with Gasteiger partial charge in [0.1, 0.15) is 0 Å². The number of hydrogen-bond acceptors (Lipinski definition) is 3. The molecule has 0 bridgehead atoms. The first-order valence-corrected chi connectivity index (χ1v) is 16.3. The summed E-state index contributed by atoms with van der Waals surface area (Å²) in [6, 6.07) is 57.8. The molecule has 230 valence electrons. The number of hydrogen-bond donors (Lipinski definition) is 0. The zero-order valence-electron chi connectivity index (χ0n) is 26.7. The summed E-state index contributed by atoms with van der Waals surface area (Å²) in [5.41, 5.74) is 11.3. The standard InChI is InChI=1S/C45H25N5/c46-26-29-19-22-43-39(23-29)45-32(27-47)10-8-18-44(45)50(43)40-15-4-1-12-36(40)31-20-21-35(33(24-31)28-48)30-9-7-11-34(25-30)49-41-16-5-2-13-37(41)38-14-3-6-17-42(38)49/h1-25H. The van der Waals surface area contributed by atoms with Crippen LogP contribution in [0.5, 0.6) is 0 Å². The fraction of sp³-hybridized carbons (Fsp3) is 0. The van der Waals surface area contributed by atoms with Crippen LogP contribution in [0.4, 0.5) is 0 Å². The fourth-order valence-corrected chi connectivity index (χ4v) is 7.47. The summed E-state index contributed by atoms with van der Waals surface area (Å²) in [6.07, 6.45) is 0. The smallest absolute Gasteiger partial charge is 0.0998 e. The molecule has 2 heterocycles. The number of aromatic nitrogens is 2. The Morgan fingerprint density at radius 2 is 1.06 bits per heavy atom. The highest BCUT2D eigenvalue weighted by Gasteiger charge is 2.19. The quantitative estimate of drug-likeness (QED) is 0.193. The van der Waals surface area contributed by atoms with E-state index < -0.39 is 0 Å². The van der Waals surface area contributed by atoms with Gasteiger partial charge in [0, 0.05) is 32.8 Å². The second kappa shape index (κ2) is 11.4. The van der Waals surface area contributed by atoms with Crippen molar-refractivity contribution >= 4 is 43.6 Å². The average molecular weight is 636 g/mol. The Morgan fingerprint density at radius 1 is 0.400 bits per heavy atom. The molecule has 9 aromatic rings. The van der Waals surface area contributed by atoms with Crippen molar-refractivity contribution in [3.05, 3.63) is 168 Å². The lowest BCUT2D eigenvalue weighted by atomic mass is 9.94. The third kappa shape index (κ3) is 4.31. The lowest BCUT2D eigenvalue weighted by Crippen LogP contribution is -1.98. The molecule has 0 unspecified atom stereocenters. The van der Waals surface area contributed by atoms with E-state index in [2.05, 4.69) is 112 Å². The SMILES string of the molecule is N#Cc1ccc2c(c1)c1c(C#N)cccc1n2-c1ccccc1-c1ccc(-c2cccc(-n3c4ccccc4c4ccccc43)c2)c(C#N)c1. The molecule has 0 atom stereocenters. The fourth-order valence-electron chi connectivity index (χ4n) is 7.47. The van der Waals surface area contributed by atoms with E-state index in [0.717, 1.165) is 66.5 Å². The molecule has 0 radical (unpaired) electrons. The third-order valence-corrected chi connectivity index (χ3v) is 9.63. The van der Waals surface area contributed by atoms with Gasteiger partial charge in [-0.05, 0) is 83.4 Å². The molecular formula is C45H25N5. The van der Waals surface area contributed by atoms with E-state index in [9.17, 15) is 15.8 Å². The number of benzene rings is 7. The molecule has 7 aromatic carbocycles. The van der Waals surface area contributed by atoms with Crippen molar-refractivity contribution < 1.29 is 0 Å². The van der Waals surface area contributed by atoms with Gasteiger partial charge in [-0.25, -0.2) is 0 Å². The highest BCUT2D eigenvalue weighted by atomic mass is 15.0. The molecule has 0 saturated carbocycles. The maximum atomic E-state index is 10.5. The van der Waals surface area contributed by atoms with Crippen molar-refractivity contribution in [1.82, 2.24) is 9.13 Å². The summed E-state index contributed by atoms with van der Waals surface area (Å²) >= 11 is 0. The van der Waals surface area contributed by atoms with E-state index in [1.54, 1.807) is 0 Å². The van der Waals surface area contributed by atoms with Gasteiger partial charge in [0.15, 0.2) is 0 Å². The maximum absolute atomic E-state index is 10.5. The maximum Gasteiger partial charge on any atom is 0.0998 e. The van der Waals surface area contributed by atoms with Crippen LogP contribution in [0.1, 0.15) is 16.7 Å². The Hall–Kier alpha value is -7.39. The molecule has 0 saturated heterocycles. The highest BCUT2D eigenvalue weighted by molar-refractivity contribution is 6.13. The molecule has 0 aliphatic heterocycles. The molecular weight excluding hydrogens is 611 g/mol. The van der Waals surface area contributed by atoms with Crippen LogP contribution in [0, 0.1) is 34.0 Å². The second-order valence-electron chi connectivity index (χ2n) is 12.3. The molecule has 50 heavy (non-hydrogen) atoms. The first-order valence-electron chi connectivity index (χ1n) is 16.3. The predicted molar refractivity (Wildman–Crippen MR) is 200 cm³/mol. The number of fused-ring (bicyclic) bond motifs is 6. The van der Waals surface area contributed by atoms with Gasteiger partial charge in [-0.1, -0.05) is 84.9 Å². The Labute approximate surface area is 287 Å². The summed E-state index contributed by atoms with van der Waals surface area (Å²) in [5, 5.41) is 34.3. The normalized spacial score (nSPS) is 11.1. The van der Waals surface area contributed by atoms with Gasteiger partial charge in [-0.3, -0.25) is 0 Å². The molecule has 2 aromatic heterocycles. The van der Waals surface area contributed by atoms with Gasteiger partial charge >= 0.3 is 0 Å². The summed E-state index contributed by atoms with van der Waals surface area (Å²) in [5.74, 6) is 0. The van der Waals surface area contributed by atoms with Crippen LogP contribution in [-0.4, -0.2) is 9.13 Å². The van der Waals surface area contributed by atoms with Gasteiger partial charge < -0.3 is 9.13 Å². The summed E-state index contributed by atoms with van der Waals surface area (Å²) in [4.78, 5) is 0. The third-order valence-electron chi connectivity index (χ3n) is 9.63. The molecule has 5 nitrogen and oxygen atoms in total. The molecule has 0 amide bonds. The molecule has 5 heteroatoms. The molecule has 9 rings (SSSR count). The van der Waals surface area contributed by atoms with Crippen molar-refractivity contribution in [3.8, 4) is 51.8 Å². The van der Waals surface area contributed by atoms with E-state index in [0.29, 0.717) is 16.7 Å². The van der Waals surface area contributed by atoms with Crippen molar-refractivity contribution in [2.24, 2.45) is 0 Å². The Balaban J connectivity index is 1.20. The van der Waals surface area contributed by atoms with E-state index in [1.807, 2.05) is 66.7 Å². The van der Waals surface area contributed by atoms with Gasteiger partial charge in [0.05, 0.1) is 62.7 Å². The lowest BCUT2D eigenvalue weighted by Gasteiger charge is -2.15. The van der Waals surface area contributed by atoms with E-state index >= 15 is 0 Å². The van der Waals surface area contributed by atoms with Crippen LogP contribution < -0.4 is 0 Å². The van der Waals surface area contributed by atoms with Crippen molar-refractivity contribution in [2.75, 3.05) is 0 Å². The predicted octanol–water partition coefficient (Wildman–Crippen LogP) is 10.8. The van der Waals surface area contributed by atoms with Crippen LogP contribution in [0.25, 0.3) is 77.2 Å². The summed E-state index contributed by atoms with van der Waals surface area (Å²) < 4.78 is 4.44. The van der Waals surface area contributed by atoms with E-state index in [1.165, 1.54) is 10.8 Å². The Bertz CT molecular complexity index is 2920.